The molecule has 1 aliphatic heterocycles. The molecule has 0 amide bonds. The largest absolute Gasteiger partial charge is 0.357 e. The highest BCUT2D eigenvalue weighted by Gasteiger charge is 2.28. The maximum atomic E-state index is 4.87. The molecule has 5 nitrogen and oxygen atoms in total. The number of nitrogens with one attached hydrogen (secondary N) is 1. The maximum absolute atomic E-state index is 4.87. The third-order valence-electron chi connectivity index (χ3n) is 4.50. The summed E-state index contributed by atoms with van der Waals surface area (Å²) in [4.78, 5) is 15.6. The summed E-state index contributed by atoms with van der Waals surface area (Å²) >= 11 is 1.76. The van der Waals surface area contributed by atoms with Crippen LogP contribution in [-0.4, -0.2) is 59.5 Å². The lowest BCUT2D eigenvalue weighted by atomic mass is 10.2. The number of aliphatic imine (C=N–C) groups is 1. The first-order valence-corrected chi connectivity index (χ1v) is 9.60. The highest BCUT2D eigenvalue weighted by molar-refractivity contribution is 7.11. The molecule has 1 fully saturated rings. The van der Waals surface area contributed by atoms with Crippen LogP contribution in [0.4, 0.5) is 0 Å². The fourth-order valence-electron chi connectivity index (χ4n) is 3.26. The van der Waals surface area contributed by atoms with Gasteiger partial charge < -0.3 is 10.2 Å². The number of nitrogens with zero attached hydrogens (tertiary/aromatic N) is 4. The van der Waals surface area contributed by atoms with E-state index in [9.17, 15) is 0 Å². The van der Waals surface area contributed by atoms with E-state index in [1.54, 1.807) is 11.3 Å². The number of likely N-dealkylation sites (N-methyl/N-ethyl adjacent to an activating group) is 1. The fourth-order valence-corrected chi connectivity index (χ4v) is 4.13. The molecule has 130 valence electrons. The summed E-state index contributed by atoms with van der Waals surface area (Å²) in [6.45, 7) is 16.8. The van der Waals surface area contributed by atoms with Gasteiger partial charge in [-0.15, -0.1) is 11.3 Å². The van der Waals surface area contributed by atoms with E-state index >= 15 is 0 Å². The van der Waals surface area contributed by atoms with Gasteiger partial charge in [0.2, 0.25) is 0 Å². The minimum absolute atomic E-state index is 0.654. The van der Waals surface area contributed by atoms with Crippen LogP contribution in [0.3, 0.4) is 0 Å². The van der Waals surface area contributed by atoms with Gasteiger partial charge in [-0.05, 0) is 40.3 Å². The molecule has 0 spiro atoms. The zero-order valence-corrected chi connectivity index (χ0v) is 16.0. The van der Waals surface area contributed by atoms with Gasteiger partial charge >= 0.3 is 0 Å². The summed E-state index contributed by atoms with van der Waals surface area (Å²) in [6, 6.07) is 0.654. The van der Waals surface area contributed by atoms with Crippen molar-refractivity contribution in [3.8, 4) is 0 Å². The Kier molecular flexibility index (Phi) is 6.84. The molecule has 1 atom stereocenters. The number of guanidine groups is 1. The molecule has 0 aliphatic carbocycles. The van der Waals surface area contributed by atoms with Gasteiger partial charge in [0, 0.05) is 30.6 Å². The zero-order chi connectivity index (χ0) is 16.8. The van der Waals surface area contributed by atoms with Crippen molar-refractivity contribution in [3.05, 3.63) is 15.6 Å². The van der Waals surface area contributed by atoms with Crippen LogP contribution in [0, 0.1) is 13.8 Å². The lowest BCUT2D eigenvalue weighted by molar-refractivity contribution is 0.223. The Hall–Kier alpha value is -1.14. The molecule has 0 bridgehead atoms. The van der Waals surface area contributed by atoms with Gasteiger partial charge in [0.15, 0.2) is 5.96 Å². The Morgan fingerprint density at radius 2 is 2.09 bits per heavy atom. The predicted octanol–water partition coefficient (Wildman–Crippen LogP) is 2.64. The number of thiazole rings is 1. The Labute approximate surface area is 144 Å². The molecule has 1 aromatic heterocycles. The average Bonchev–Trinajstić information content (AvgIpc) is 3.12. The fraction of sp³-hybridized carbons (Fsp3) is 0.765. The van der Waals surface area contributed by atoms with Crippen LogP contribution in [0.5, 0.6) is 0 Å². The molecule has 1 aliphatic rings. The highest BCUT2D eigenvalue weighted by Crippen LogP contribution is 2.19. The van der Waals surface area contributed by atoms with Gasteiger partial charge in [0.25, 0.3) is 0 Å². The van der Waals surface area contributed by atoms with E-state index in [2.05, 4.69) is 54.7 Å². The minimum Gasteiger partial charge on any atom is -0.357 e. The molecule has 0 saturated carbocycles. The first-order valence-electron chi connectivity index (χ1n) is 8.79. The molecular formula is C17H31N5S. The van der Waals surface area contributed by atoms with Crippen LogP contribution >= 0.6 is 11.3 Å². The third kappa shape index (κ3) is 4.67. The van der Waals surface area contributed by atoms with Gasteiger partial charge in [-0.1, -0.05) is 13.8 Å². The molecule has 0 aromatic carbocycles. The molecule has 0 radical (unpaired) electrons. The lowest BCUT2D eigenvalue weighted by Crippen LogP contribution is -2.43. The topological polar surface area (TPSA) is 43.8 Å². The normalized spacial score (nSPS) is 19.0. The first kappa shape index (κ1) is 18.2. The van der Waals surface area contributed by atoms with Crippen molar-refractivity contribution < 1.29 is 0 Å². The second kappa shape index (κ2) is 8.64. The number of likely N-dealkylation sites (tertiary alicyclic amines) is 1. The Balaban J connectivity index is 2.03. The van der Waals surface area contributed by atoms with Crippen molar-refractivity contribution in [1.82, 2.24) is 20.1 Å². The molecule has 2 rings (SSSR count). The monoisotopic (exact) mass is 337 g/mol. The van der Waals surface area contributed by atoms with Crippen molar-refractivity contribution in [2.24, 2.45) is 4.99 Å². The van der Waals surface area contributed by atoms with Crippen LogP contribution in [0.25, 0.3) is 0 Å². The van der Waals surface area contributed by atoms with Gasteiger partial charge in [-0.3, -0.25) is 4.90 Å². The Bertz CT molecular complexity index is 521. The maximum Gasteiger partial charge on any atom is 0.194 e. The lowest BCUT2D eigenvalue weighted by Gasteiger charge is -2.27. The van der Waals surface area contributed by atoms with E-state index in [0.29, 0.717) is 6.04 Å². The third-order valence-corrected chi connectivity index (χ3v) is 5.56. The summed E-state index contributed by atoms with van der Waals surface area (Å²) in [5, 5.41) is 4.58. The van der Waals surface area contributed by atoms with Crippen LogP contribution in [-0.2, 0) is 6.54 Å². The van der Waals surface area contributed by atoms with Gasteiger partial charge in [-0.25, -0.2) is 9.98 Å². The first-order chi connectivity index (χ1) is 11.1. The minimum atomic E-state index is 0.654. The number of rotatable bonds is 6. The summed E-state index contributed by atoms with van der Waals surface area (Å²) < 4.78 is 0. The number of aromatic nitrogens is 1. The second-order valence-corrected chi connectivity index (χ2v) is 7.31. The van der Waals surface area contributed by atoms with Crippen LogP contribution in [0.2, 0.25) is 0 Å². The summed E-state index contributed by atoms with van der Waals surface area (Å²) in [5.41, 5.74) is 1.12. The molecule has 6 heteroatoms. The zero-order valence-electron chi connectivity index (χ0n) is 15.2. The van der Waals surface area contributed by atoms with Gasteiger partial charge in [-0.2, -0.15) is 0 Å². The van der Waals surface area contributed by atoms with Crippen LogP contribution in [0.1, 0.15) is 42.8 Å². The second-order valence-electron chi connectivity index (χ2n) is 6.02. The van der Waals surface area contributed by atoms with E-state index < -0.39 is 0 Å². The molecule has 1 unspecified atom stereocenters. The Morgan fingerprint density at radius 1 is 1.35 bits per heavy atom. The van der Waals surface area contributed by atoms with E-state index in [-0.39, 0.29) is 0 Å². The van der Waals surface area contributed by atoms with E-state index in [1.165, 1.54) is 11.3 Å². The standard InChI is InChI=1S/C17H31N5S/c1-6-18-17(19-11-16-13(4)20-14(5)23-16)22-10-9-15(12-22)21(7-2)8-3/h15H,6-12H2,1-5H3,(H,18,19). The average molecular weight is 338 g/mol. The van der Waals surface area contributed by atoms with E-state index in [1.807, 2.05) is 0 Å². The molecule has 23 heavy (non-hydrogen) atoms. The van der Waals surface area contributed by atoms with Crippen molar-refractivity contribution in [2.45, 2.75) is 53.6 Å². The summed E-state index contributed by atoms with van der Waals surface area (Å²) in [6.07, 6.45) is 1.23. The van der Waals surface area contributed by atoms with Crippen molar-refractivity contribution in [2.75, 3.05) is 32.7 Å². The van der Waals surface area contributed by atoms with Gasteiger partial charge in [0.1, 0.15) is 0 Å². The molecule has 1 saturated heterocycles. The molecule has 2 heterocycles. The summed E-state index contributed by atoms with van der Waals surface area (Å²) in [7, 11) is 0. The quantitative estimate of drug-likeness (QED) is 0.640. The number of hydrogen-bond donors (Lipinski definition) is 1. The smallest absolute Gasteiger partial charge is 0.194 e. The number of hydrogen-bond acceptors (Lipinski definition) is 4. The predicted molar refractivity (Wildman–Crippen MR) is 99.3 cm³/mol. The van der Waals surface area contributed by atoms with Crippen LogP contribution in [0.15, 0.2) is 4.99 Å². The Morgan fingerprint density at radius 3 is 2.65 bits per heavy atom. The van der Waals surface area contributed by atoms with E-state index in [0.717, 1.165) is 55.9 Å². The molecule has 1 N–H and O–H groups in total. The molecule has 1 aromatic rings. The summed E-state index contributed by atoms with van der Waals surface area (Å²) in [5.74, 6) is 1.05. The van der Waals surface area contributed by atoms with E-state index in [4.69, 9.17) is 4.99 Å². The van der Waals surface area contributed by atoms with Gasteiger partial charge in [0.05, 0.1) is 17.2 Å². The van der Waals surface area contributed by atoms with Crippen molar-refractivity contribution in [1.29, 1.82) is 0 Å². The van der Waals surface area contributed by atoms with Crippen molar-refractivity contribution in [3.63, 3.8) is 0 Å². The SMILES string of the molecule is CCNC(=NCc1sc(C)nc1C)N1CCC(N(CC)CC)C1. The highest BCUT2D eigenvalue weighted by atomic mass is 32.1. The van der Waals surface area contributed by atoms with Crippen LogP contribution < -0.4 is 5.32 Å². The van der Waals surface area contributed by atoms with Crippen molar-refractivity contribution >= 4 is 17.3 Å². The number of aryl methyl sites for hydroxylation is 2. The molecular weight excluding hydrogens is 306 g/mol.